The Hall–Kier alpha value is -0.610. The molecule has 0 spiro atoms. The van der Waals surface area contributed by atoms with Gasteiger partial charge in [0.25, 0.3) is 0 Å². The van der Waals surface area contributed by atoms with Gasteiger partial charge in [0.1, 0.15) is 0 Å². The Kier molecular flexibility index (Phi) is 3.26. The zero-order valence-corrected chi connectivity index (χ0v) is 9.13. The molecule has 1 saturated carbocycles. The number of nitrogens with two attached hydrogens (primary N) is 1. The zero-order valence-electron chi connectivity index (χ0n) is 9.13. The lowest BCUT2D eigenvalue weighted by Crippen LogP contribution is -2.59. The second-order valence-corrected chi connectivity index (χ2v) is 4.93. The first-order valence-corrected chi connectivity index (χ1v) is 5.84. The number of rotatable bonds is 3. The van der Waals surface area contributed by atoms with Crippen molar-refractivity contribution in [3.05, 3.63) is 0 Å². The van der Waals surface area contributed by atoms with Gasteiger partial charge in [-0.2, -0.15) is 0 Å². The van der Waals surface area contributed by atoms with E-state index in [1.807, 2.05) is 0 Å². The van der Waals surface area contributed by atoms with Crippen LogP contribution < -0.4 is 11.1 Å². The number of hydrogen-bond acceptors (Lipinski definition) is 3. The fourth-order valence-electron chi connectivity index (χ4n) is 2.31. The molecular formula is C11H20N2O2. The van der Waals surface area contributed by atoms with Crippen LogP contribution in [0.4, 0.5) is 0 Å². The molecule has 1 amide bonds. The molecule has 2 aliphatic rings. The Morgan fingerprint density at radius 1 is 1.33 bits per heavy atom. The molecule has 4 heteroatoms. The largest absolute Gasteiger partial charge is 0.377 e. The number of carbonyl (C=O) groups is 1. The Balaban J connectivity index is 1.71. The van der Waals surface area contributed by atoms with Crippen molar-refractivity contribution >= 4 is 5.91 Å². The van der Waals surface area contributed by atoms with Crippen LogP contribution in [-0.2, 0) is 9.53 Å². The quantitative estimate of drug-likeness (QED) is 0.718. The van der Waals surface area contributed by atoms with Crippen LogP contribution in [0.25, 0.3) is 0 Å². The van der Waals surface area contributed by atoms with Crippen LogP contribution in [0.2, 0.25) is 0 Å². The lowest BCUT2D eigenvalue weighted by Gasteiger charge is -2.37. The average molecular weight is 212 g/mol. The van der Waals surface area contributed by atoms with Crippen LogP contribution in [0.1, 0.15) is 38.5 Å². The van der Waals surface area contributed by atoms with Gasteiger partial charge >= 0.3 is 0 Å². The lowest BCUT2D eigenvalue weighted by molar-refractivity contribution is -0.129. The molecule has 1 saturated heterocycles. The standard InChI is InChI=1S/C11H20N2O2/c12-11(7-15-8-11)6-10(14)13-9-4-2-1-3-5-9/h9H,1-8,12H2,(H,13,14). The molecular weight excluding hydrogens is 192 g/mol. The van der Waals surface area contributed by atoms with Gasteiger partial charge in [-0.1, -0.05) is 19.3 Å². The highest BCUT2D eigenvalue weighted by Gasteiger charge is 2.36. The first kappa shape index (κ1) is 10.9. The van der Waals surface area contributed by atoms with Crippen LogP contribution in [-0.4, -0.2) is 30.7 Å². The molecule has 2 fully saturated rings. The first-order valence-electron chi connectivity index (χ1n) is 5.84. The van der Waals surface area contributed by atoms with E-state index in [-0.39, 0.29) is 5.91 Å². The minimum Gasteiger partial charge on any atom is -0.377 e. The summed E-state index contributed by atoms with van der Waals surface area (Å²) in [5, 5.41) is 3.07. The van der Waals surface area contributed by atoms with Gasteiger partial charge in [0.05, 0.1) is 18.8 Å². The molecule has 3 N–H and O–H groups in total. The molecule has 0 radical (unpaired) electrons. The van der Waals surface area contributed by atoms with Gasteiger partial charge in [-0.05, 0) is 12.8 Å². The third-order valence-electron chi connectivity index (χ3n) is 3.26. The number of amides is 1. The van der Waals surface area contributed by atoms with Gasteiger partial charge in [-0.15, -0.1) is 0 Å². The van der Waals surface area contributed by atoms with Crippen LogP contribution in [0.3, 0.4) is 0 Å². The molecule has 86 valence electrons. The normalized spacial score (nSPS) is 25.7. The summed E-state index contributed by atoms with van der Waals surface area (Å²) in [4.78, 5) is 11.7. The highest BCUT2D eigenvalue weighted by atomic mass is 16.5. The molecule has 0 aromatic carbocycles. The maximum absolute atomic E-state index is 11.7. The van der Waals surface area contributed by atoms with E-state index in [9.17, 15) is 4.79 Å². The molecule has 1 heterocycles. The number of ether oxygens (including phenoxy) is 1. The molecule has 0 atom stereocenters. The smallest absolute Gasteiger partial charge is 0.222 e. The SMILES string of the molecule is NC1(CC(=O)NC2CCCCC2)COC1. The van der Waals surface area contributed by atoms with E-state index in [2.05, 4.69) is 5.32 Å². The molecule has 0 aromatic heterocycles. The zero-order chi connectivity index (χ0) is 10.7. The van der Waals surface area contributed by atoms with Crippen molar-refractivity contribution in [2.24, 2.45) is 5.73 Å². The highest BCUT2D eigenvalue weighted by Crippen LogP contribution is 2.20. The first-order chi connectivity index (χ1) is 7.18. The summed E-state index contributed by atoms with van der Waals surface area (Å²) >= 11 is 0. The van der Waals surface area contributed by atoms with Gasteiger partial charge < -0.3 is 15.8 Å². The third kappa shape index (κ3) is 2.92. The van der Waals surface area contributed by atoms with Gasteiger partial charge in [0.15, 0.2) is 0 Å². The van der Waals surface area contributed by atoms with E-state index >= 15 is 0 Å². The van der Waals surface area contributed by atoms with Crippen LogP contribution in [0.5, 0.6) is 0 Å². The van der Waals surface area contributed by atoms with E-state index in [0.29, 0.717) is 25.7 Å². The van der Waals surface area contributed by atoms with Crippen molar-refractivity contribution in [3.63, 3.8) is 0 Å². The predicted molar refractivity (Wildman–Crippen MR) is 57.4 cm³/mol. The summed E-state index contributed by atoms with van der Waals surface area (Å²) in [6, 6.07) is 0.385. The topological polar surface area (TPSA) is 64.4 Å². The van der Waals surface area contributed by atoms with E-state index in [0.717, 1.165) is 12.8 Å². The van der Waals surface area contributed by atoms with Crippen molar-refractivity contribution in [3.8, 4) is 0 Å². The van der Waals surface area contributed by atoms with Crippen LogP contribution in [0.15, 0.2) is 0 Å². The van der Waals surface area contributed by atoms with Crippen LogP contribution >= 0.6 is 0 Å². The number of nitrogens with one attached hydrogen (secondary N) is 1. The van der Waals surface area contributed by atoms with E-state index < -0.39 is 5.54 Å². The van der Waals surface area contributed by atoms with Crippen molar-refractivity contribution in [1.29, 1.82) is 0 Å². The maximum atomic E-state index is 11.7. The molecule has 1 aliphatic carbocycles. The number of carbonyl (C=O) groups excluding carboxylic acids is 1. The van der Waals surface area contributed by atoms with E-state index in [1.165, 1.54) is 19.3 Å². The molecule has 0 unspecified atom stereocenters. The van der Waals surface area contributed by atoms with Crippen molar-refractivity contribution < 1.29 is 9.53 Å². The summed E-state index contributed by atoms with van der Waals surface area (Å²) in [7, 11) is 0. The van der Waals surface area contributed by atoms with E-state index in [4.69, 9.17) is 10.5 Å². The molecule has 15 heavy (non-hydrogen) atoms. The Morgan fingerprint density at radius 3 is 2.53 bits per heavy atom. The monoisotopic (exact) mass is 212 g/mol. The Labute approximate surface area is 90.5 Å². The summed E-state index contributed by atoms with van der Waals surface area (Å²) in [5.74, 6) is 0.0905. The van der Waals surface area contributed by atoms with Crippen molar-refractivity contribution in [2.75, 3.05) is 13.2 Å². The minimum absolute atomic E-state index is 0.0905. The fourth-order valence-corrected chi connectivity index (χ4v) is 2.31. The van der Waals surface area contributed by atoms with Gasteiger partial charge in [0, 0.05) is 12.5 Å². The molecule has 2 rings (SSSR count). The molecule has 1 aliphatic heterocycles. The van der Waals surface area contributed by atoms with Crippen LogP contribution in [0, 0.1) is 0 Å². The maximum Gasteiger partial charge on any atom is 0.222 e. The highest BCUT2D eigenvalue weighted by molar-refractivity contribution is 5.77. The van der Waals surface area contributed by atoms with Crippen molar-refractivity contribution in [1.82, 2.24) is 5.32 Å². The third-order valence-corrected chi connectivity index (χ3v) is 3.26. The Morgan fingerprint density at radius 2 is 2.00 bits per heavy atom. The summed E-state index contributed by atoms with van der Waals surface area (Å²) in [6.07, 6.45) is 6.44. The van der Waals surface area contributed by atoms with Gasteiger partial charge in [-0.3, -0.25) is 4.79 Å². The van der Waals surface area contributed by atoms with Gasteiger partial charge in [0.2, 0.25) is 5.91 Å². The lowest BCUT2D eigenvalue weighted by atomic mass is 9.92. The second kappa shape index (κ2) is 4.49. The van der Waals surface area contributed by atoms with E-state index in [1.54, 1.807) is 0 Å². The number of hydrogen-bond donors (Lipinski definition) is 2. The molecule has 0 aromatic rings. The fraction of sp³-hybridized carbons (Fsp3) is 0.909. The summed E-state index contributed by atoms with van der Waals surface area (Å²) in [6.45, 7) is 1.04. The Bertz CT molecular complexity index is 233. The average Bonchev–Trinajstić information content (AvgIpc) is 2.16. The molecule has 4 nitrogen and oxygen atoms in total. The van der Waals surface area contributed by atoms with Gasteiger partial charge in [-0.25, -0.2) is 0 Å². The second-order valence-electron chi connectivity index (χ2n) is 4.93. The summed E-state index contributed by atoms with van der Waals surface area (Å²) in [5.41, 5.74) is 5.53. The van der Waals surface area contributed by atoms with Crippen molar-refractivity contribution in [2.45, 2.75) is 50.1 Å². The minimum atomic E-state index is -0.390. The summed E-state index contributed by atoms with van der Waals surface area (Å²) < 4.78 is 5.02. The molecule has 0 bridgehead atoms. The predicted octanol–water partition coefficient (Wildman–Crippen LogP) is 0.553.